The van der Waals surface area contributed by atoms with Gasteiger partial charge in [-0.05, 0) is 37.0 Å². The number of fused-ring (bicyclic) bond motifs is 1. The predicted molar refractivity (Wildman–Crippen MR) is 65.3 cm³/mol. The van der Waals surface area contributed by atoms with Gasteiger partial charge in [0.05, 0.1) is 23.8 Å². The van der Waals surface area contributed by atoms with Crippen LogP contribution in [0.15, 0.2) is 30.5 Å². The van der Waals surface area contributed by atoms with Crippen molar-refractivity contribution >= 4 is 10.9 Å². The lowest BCUT2D eigenvalue weighted by molar-refractivity contribution is 0.0718. The van der Waals surface area contributed by atoms with Gasteiger partial charge in [-0.3, -0.25) is 0 Å². The maximum Gasteiger partial charge on any atom is 0.122 e. The summed E-state index contributed by atoms with van der Waals surface area (Å²) in [6.07, 6.45) is 4.61. The van der Waals surface area contributed by atoms with Crippen LogP contribution in [0.5, 0.6) is 0 Å². The van der Waals surface area contributed by atoms with E-state index in [0.717, 1.165) is 29.0 Å². The van der Waals surface area contributed by atoms with Gasteiger partial charge in [0.2, 0.25) is 0 Å². The number of aromatic nitrogens is 1. The lowest BCUT2D eigenvalue weighted by atomic mass is 10.1. The maximum absolute atomic E-state index is 9.01. The van der Waals surface area contributed by atoms with Crippen LogP contribution >= 0.6 is 0 Å². The number of nitriles is 1. The second-order valence-electron chi connectivity index (χ2n) is 4.58. The molecular weight excluding hydrogens is 212 g/mol. The van der Waals surface area contributed by atoms with Crippen LogP contribution in [-0.4, -0.2) is 11.2 Å². The fourth-order valence-corrected chi connectivity index (χ4v) is 2.04. The van der Waals surface area contributed by atoms with Gasteiger partial charge in [-0.2, -0.15) is 5.26 Å². The molecule has 1 aromatic carbocycles. The number of nitrogens with zero attached hydrogens (tertiary/aromatic N) is 2. The maximum atomic E-state index is 9.01. The Morgan fingerprint density at radius 2 is 2.24 bits per heavy atom. The highest BCUT2D eigenvalue weighted by Gasteiger charge is 2.21. The van der Waals surface area contributed by atoms with Gasteiger partial charge in [-0.15, -0.1) is 0 Å². The molecule has 0 radical (unpaired) electrons. The molecule has 3 rings (SSSR count). The molecule has 1 aliphatic rings. The van der Waals surface area contributed by atoms with Crippen LogP contribution < -0.4 is 0 Å². The molecule has 1 saturated carbocycles. The quantitative estimate of drug-likeness (QED) is 0.804. The highest BCUT2D eigenvalue weighted by atomic mass is 16.5. The van der Waals surface area contributed by atoms with Crippen molar-refractivity contribution in [2.75, 3.05) is 6.61 Å². The highest BCUT2D eigenvalue weighted by molar-refractivity contribution is 5.85. The largest absolute Gasteiger partial charge is 0.360 e. The summed E-state index contributed by atoms with van der Waals surface area (Å²) in [6, 6.07) is 9.98. The molecule has 0 amide bonds. The van der Waals surface area contributed by atoms with Crippen LogP contribution in [0, 0.1) is 17.2 Å². The Kier molecular flexibility index (Phi) is 2.58. The summed E-state index contributed by atoms with van der Waals surface area (Å²) in [6.45, 7) is 1.44. The average molecular weight is 226 g/mol. The molecular formula is C14H14N2O. The summed E-state index contributed by atoms with van der Waals surface area (Å²) in [5.41, 5.74) is 1.79. The van der Waals surface area contributed by atoms with E-state index in [1.807, 2.05) is 30.5 Å². The molecule has 0 aliphatic heterocycles. The molecule has 0 unspecified atom stereocenters. The molecule has 0 bridgehead atoms. The van der Waals surface area contributed by atoms with E-state index in [1.165, 1.54) is 12.8 Å². The zero-order valence-corrected chi connectivity index (χ0v) is 9.60. The minimum absolute atomic E-state index is 0.578. The van der Waals surface area contributed by atoms with Crippen LogP contribution in [0.2, 0.25) is 0 Å². The molecule has 17 heavy (non-hydrogen) atoms. The molecule has 1 aliphatic carbocycles. The predicted octanol–water partition coefficient (Wildman–Crippen LogP) is 2.90. The Morgan fingerprint density at radius 3 is 3.00 bits per heavy atom. The number of hydrogen-bond donors (Lipinski definition) is 0. The third kappa shape index (κ3) is 2.04. The van der Waals surface area contributed by atoms with Gasteiger partial charge in [0.15, 0.2) is 0 Å². The topological polar surface area (TPSA) is 38.0 Å². The summed E-state index contributed by atoms with van der Waals surface area (Å²) < 4.78 is 7.72. The van der Waals surface area contributed by atoms with Gasteiger partial charge in [-0.25, -0.2) is 0 Å². The summed E-state index contributed by atoms with van der Waals surface area (Å²) in [5, 5.41) is 10.0. The van der Waals surface area contributed by atoms with Gasteiger partial charge in [0.25, 0.3) is 0 Å². The second-order valence-corrected chi connectivity index (χ2v) is 4.58. The molecule has 2 aromatic rings. The smallest absolute Gasteiger partial charge is 0.122 e. The monoisotopic (exact) mass is 226 g/mol. The van der Waals surface area contributed by atoms with E-state index < -0.39 is 0 Å². The van der Waals surface area contributed by atoms with Crippen LogP contribution in [0.25, 0.3) is 10.9 Å². The van der Waals surface area contributed by atoms with Crippen LogP contribution in [0.1, 0.15) is 18.4 Å². The van der Waals surface area contributed by atoms with Gasteiger partial charge < -0.3 is 9.30 Å². The fourth-order valence-electron chi connectivity index (χ4n) is 2.04. The van der Waals surface area contributed by atoms with E-state index in [9.17, 15) is 0 Å². The number of hydrogen-bond acceptors (Lipinski definition) is 2. The first-order valence-electron chi connectivity index (χ1n) is 5.94. The van der Waals surface area contributed by atoms with Gasteiger partial charge in [0, 0.05) is 11.6 Å². The van der Waals surface area contributed by atoms with Crippen molar-refractivity contribution in [2.24, 2.45) is 5.92 Å². The summed E-state index contributed by atoms with van der Waals surface area (Å²) in [4.78, 5) is 0. The Labute approximate surface area is 100 Å². The Morgan fingerprint density at radius 1 is 1.35 bits per heavy atom. The molecule has 3 heteroatoms. The van der Waals surface area contributed by atoms with Crippen molar-refractivity contribution in [1.29, 1.82) is 5.26 Å². The van der Waals surface area contributed by atoms with E-state index in [4.69, 9.17) is 10.00 Å². The third-order valence-electron chi connectivity index (χ3n) is 3.21. The number of rotatable bonds is 4. The molecule has 1 fully saturated rings. The van der Waals surface area contributed by atoms with Crippen molar-refractivity contribution in [3.63, 3.8) is 0 Å². The first-order chi connectivity index (χ1) is 8.38. The number of benzene rings is 1. The van der Waals surface area contributed by atoms with E-state index in [1.54, 1.807) is 0 Å². The highest BCUT2D eigenvalue weighted by Crippen LogP contribution is 2.29. The van der Waals surface area contributed by atoms with Crippen molar-refractivity contribution in [3.05, 3.63) is 36.0 Å². The molecule has 1 heterocycles. The Bertz CT molecular complexity index is 575. The molecule has 0 atom stereocenters. The van der Waals surface area contributed by atoms with Crippen molar-refractivity contribution < 1.29 is 4.74 Å². The van der Waals surface area contributed by atoms with Gasteiger partial charge in [-0.1, -0.05) is 6.07 Å². The fraction of sp³-hybridized carbons (Fsp3) is 0.357. The normalized spacial score (nSPS) is 15.0. The standard InChI is InChI=1S/C14H14N2O/c15-8-12-2-1-3-14-13(12)6-7-16(14)10-17-9-11-4-5-11/h1-3,6-7,11H,4-5,9-10H2. The minimum atomic E-state index is 0.578. The van der Waals surface area contributed by atoms with Crippen molar-refractivity contribution in [3.8, 4) is 6.07 Å². The molecule has 0 N–H and O–H groups in total. The molecule has 1 aromatic heterocycles. The van der Waals surface area contributed by atoms with Crippen LogP contribution in [0.4, 0.5) is 0 Å². The molecule has 86 valence electrons. The summed E-state index contributed by atoms with van der Waals surface area (Å²) >= 11 is 0. The average Bonchev–Trinajstić information content (AvgIpc) is 3.09. The van der Waals surface area contributed by atoms with Crippen LogP contribution in [0.3, 0.4) is 0 Å². The van der Waals surface area contributed by atoms with E-state index in [-0.39, 0.29) is 0 Å². The van der Waals surface area contributed by atoms with Crippen LogP contribution in [-0.2, 0) is 11.5 Å². The van der Waals surface area contributed by atoms with E-state index in [0.29, 0.717) is 6.73 Å². The SMILES string of the molecule is N#Cc1cccc2c1ccn2COCC1CC1. The molecule has 3 nitrogen and oxygen atoms in total. The first-order valence-corrected chi connectivity index (χ1v) is 5.94. The van der Waals surface area contributed by atoms with Crippen molar-refractivity contribution in [1.82, 2.24) is 4.57 Å². The zero-order chi connectivity index (χ0) is 11.7. The first kappa shape index (κ1) is 10.4. The van der Waals surface area contributed by atoms with E-state index >= 15 is 0 Å². The Hall–Kier alpha value is -1.79. The van der Waals surface area contributed by atoms with Gasteiger partial charge in [0.1, 0.15) is 6.73 Å². The van der Waals surface area contributed by atoms with Gasteiger partial charge >= 0.3 is 0 Å². The molecule has 0 spiro atoms. The lowest BCUT2D eigenvalue weighted by Crippen LogP contribution is -2.03. The number of ether oxygens (including phenoxy) is 1. The lowest BCUT2D eigenvalue weighted by Gasteiger charge is -2.06. The zero-order valence-electron chi connectivity index (χ0n) is 9.60. The second kappa shape index (κ2) is 4.23. The minimum Gasteiger partial charge on any atom is -0.360 e. The van der Waals surface area contributed by atoms with Crippen molar-refractivity contribution in [2.45, 2.75) is 19.6 Å². The Balaban J connectivity index is 1.82. The van der Waals surface area contributed by atoms with E-state index in [2.05, 4.69) is 10.6 Å². The summed E-state index contributed by atoms with van der Waals surface area (Å²) in [5.74, 6) is 0.784. The summed E-state index contributed by atoms with van der Waals surface area (Å²) in [7, 11) is 0. The third-order valence-corrected chi connectivity index (χ3v) is 3.21. The molecule has 0 saturated heterocycles.